The minimum atomic E-state index is 0.807. The number of hydrogen-bond acceptors (Lipinski definition) is 2. The molecule has 0 radical (unpaired) electrons. The van der Waals surface area contributed by atoms with Gasteiger partial charge in [0.05, 0.1) is 5.52 Å². The normalized spacial score (nSPS) is 10.7. The quantitative estimate of drug-likeness (QED) is 0.690. The molecule has 1 aromatic heterocycles. The van der Waals surface area contributed by atoms with E-state index in [1.54, 1.807) is 0 Å². The molecule has 2 nitrogen and oxygen atoms in total. The van der Waals surface area contributed by atoms with Crippen LogP contribution in [-0.2, 0) is 6.42 Å². The van der Waals surface area contributed by atoms with Crippen LogP contribution in [-0.4, -0.2) is 4.98 Å². The minimum Gasteiger partial charge on any atom is -0.399 e. The van der Waals surface area contributed by atoms with Crippen LogP contribution in [0.5, 0.6) is 0 Å². The summed E-state index contributed by atoms with van der Waals surface area (Å²) < 4.78 is 0. The van der Waals surface area contributed by atoms with Crippen molar-refractivity contribution in [2.45, 2.75) is 6.42 Å². The fourth-order valence-corrected chi connectivity index (χ4v) is 2.11. The molecule has 2 aromatic carbocycles. The largest absolute Gasteiger partial charge is 0.399 e. The van der Waals surface area contributed by atoms with Crippen LogP contribution >= 0.6 is 0 Å². The molecule has 0 aliphatic carbocycles. The second kappa shape index (κ2) is 4.49. The Hall–Kier alpha value is -2.35. The fraction of sp³-hybridized carbons (Fsp3) is 0.0625. The van der Waals surface area contributed by atoms with Crippen molar-refractivity contribution in [1.29, 1.82) is 0 Å². The number of fused-ring (bicyclic) bond motifs is 1. The topological polar surface area (TPSA) is 38.9 Å². The zero-order valence-corrected chi connectivity index (χ0v) is 10.0. The summed E-state index contributed by atoms with van der Waals surface area (Å²) in [5.41, 5.74) is 10.1. The van der Waals surface area contributed by atoms with Gasteiger partial charge < -0.3 is 5.73 Å². The van der Waals surface area contributed by atoms with Gasteiger partial charge in [0.1, 0.15) is 0 Å². The van der Waals surface area contributed by atoms with E-state index in [9.17, 15) is 0 Å². The predicted molar refractivity (Wildman–Crippen MR) is 75.4 cm³/mol. The average Bonchev–Trinajstić information content (AvgIpc) is 2.41. The third-order valence-electron chi connectivity index (χ3n) is 3.06. The van der Waals surface area contributed by atoms with Gasteiger partial charge in [-0.1, -0.05) is 24.3 Å². The average molecular weight is 234 g/mol. The van der Waals surface area contributed by atoms with E-state index in [0.717, 1.165) is 17.6 Å². The van der Waals surface area contributed by atoms with Crippen molar-refractivity contribution in [1.82, 2.24) is 4.98 Å². The SMILES string of the molecule is Nc1ccc(Cc2ccc3ncccc3c2)cc1. The number of rotatable bonds is 2. The van der Waals surface area contributed by atoms with Crippen molar-refractivity contribution >= 4 is 16.6 Å². The molecule has 0 aliphatic rings. The molecule has 2 N–H and O–H groups in total. The Morgan fingerprint density at radius 2 is 1.67 bits per heavy atom. The highest BCUT2D eigenvalue weighted by molar-refractivity contribution is 5.79. The lowest BCUT2D eigenvalue weighted by atomic mass is 10.0. The number of benzene rings is 2. The van der Waals surface area contributed by atoms with Crippen LogP contribution in [0.3, 0.4) is 0 Å². The van der Waals surface area contributed by atoms with Crippen molar-refractivity contribution in [2.24, 2.45) is 0 Å². The van der Waals surface area contributed by atoms with Crippen LogP contribution in [0.15, 0.2) is 60.8 Å². The van der Waals surface area contributed by atoms with E-state index in [1.807, 2.05) is 24.4 Å². The Bertz CT molecular complexity index is 672. The number of pyridine rings is 1. The molecule has 2 heteroatoms. The van der Waals surface area contributed by atoms with Gasteiger partial charge in [0.2, 0.25) is 0 Å². The first-order valence-electron chi connectivity index (χ1n) is 5.99. The predicted octanol–water partition coefficient (Wildman–Crippen LogP) is 3.41. The Kier molecular flexibility index (Phi) is 2.69. The lowest BCUT2D eigenvalue weighted by Gasteiger charge is -2.04. The summed E-state index contributed by atoms with van der Waals surface area (Å²) in [6.45, 7) is 0. The van der Waals surface area contributed by atoms with Gasteiger partial charge in [-0.2, -0.15) is 0 Å². The molecule has 3 aromatic rings. The summed E-state index contributed by atoms with van der Waals surface area (Å²) in [4.78, 5) is 4.32. The van der Waals surface area contributed by atoms with Gasteiger partial charge >= 0.3 is 0 Å². The van der Waals surface area contributed by atoms with E-state index in [2.05, 4.69) is 41.4 Å². The first kappa shape index (κ1) is 10.8. The number of nitrogens with zero attached hydrogens (tertiary/aromatic N) is 1. The Morgan fingerprint density at radius 3 is 2.50 bits per heavy atom. The molecule has 3 rings (SSSR count). The first-order valence-corrected chi connectivity index (χ1v) is 5.99. The van der Waals surface area contributed by atoms with Gasteiger partial charge in [-0.3, -0.25) is 4.98 Å². The molecular formula is C16H14N2. The second-order valence-electron chi connectivity index (χ2n) is 4.45. The van der Waals surface area contributed by atoms with Gasteiger partial charge in [-0.25, -0.2) is 0 Å². The van der Waals surface area contributed by atoms with Gasteiger partial charge in [0.25, 0.3) is 0 Å². The maximum atomic E-state index is 5.69. The number of aromatic nitrogens is 1. The lowest BCUT2D eigenvalue weighted by molar-refractivity contribution is 1.20. The Morgan fingerprint density at radius 1 is 0.889 bits per heavy atom. The molecule has 0 atom stereocenters. The summed E-state index contributed by atoms with van der Waals surface area (Å²) >= 11 is 0. The molecule has 0 fully saturated rings. The highest BCUT2D eigenvalue weighted by atomic mass is 14.6. The van der Waals surface area contributed by atoms with Crippen molar-refractivity contribution in [3.05, 3.63) is 71.9 Å². The molecule has 88 valence electrons. The lowest BCUT2D eigenvalue weighted by Crippen LogP contribution is -1.90. The third kappa shape index (κ3) is 2.18. The molecule has 0 spiro atoms. The van der Waals surface area contributed by atoms with E-state index in [-0.39, 0.29) is 0 Å². The highest BCUT2D eigenvalue weighted by Crippen LogP contribution is 2.17. The molecule has 0 unspecified atom stereocenters. The molecule has 0 aliphatic heterocycles. The summed E-state index contributed by atoms with van der Waals surface area (Å²) in [5, 5.41) is 1.19. The van der Waals surface area contributed by atoms with Crippen molar-refractivity contribution in [3.63, 3.8) is 0 Å². The van der Waals surface area contributed by atoms with Crippen LogP contribution in [0.2, 0.25) is 0 Å². The Labute approximate surface area is 106 Å². The number of hydrogen-bond donors (Lipinski definition) is 1. The number of nitrogens with two attached hydrogens (primary N) is 1. The van der Waals surface area contributed by atoms with E-state index in [4.69, 9.17) is 5.73 Å². The molecular weight excluding hydrogens is 220 g/mol. The third-order valence-corrected chi connectivity index (χ3v) is 3.06. The van der Waals surface area contributed by atoms with E-state index in [1.165, 1.54) is 16.5 Å². The van der Waals surface area contributed by atoms with Gasteiger partial charge in [-0.05, 0) is 47.9 Å². The maximum Gasteiger partial charge on any atom is 0.0702 e. The molecule has 1 heterocycles. The van der Waals surface area contributed by atoms with E-state index >= 15 is 0 Å². The molecule has 0 bridgehead atoms. The van der Waals surface area contributed by atoms with Gasteiger partial charge in [0.15, 0.2) is 0 Å². The van der Waals surface area contributed by atoms with Gasteiger partial charge in [-0.15, -0.1) is 0 Å². The Balaban J connectivity index is 1.92. The number of nitrogen functional groups attached to an aromatic ring is 1. The van der Waals surface area contributed by atoms with E-state index in [0.29, 0.717) is 0 Å². The van der Waals surface area contributed by atoms with Crippen molar-refractivity contribution < 1.29 is 0 Å². The van der Waals surface area contributed by atoms with Crippen LogP contribution in [0.25, 0.3) is 10.9 Å². The van der Waals surface area contributed by atoms with Gasteiger partial charge in [0, 0.05) is 17.3 Å². The monoisotopic (exact) mass is 234 g/mol. The maximum absolute atomic E-state index is 5.69. The molecule has 0 saturated heterocycles. The van der Waals surface area contributed by atoms with E-state index < -0.39 is 0 Å². The first-order chi connectivity index (χ1) is 8.81. The summed E-state index contributed by atoms with van der Waals surface area (Å²) in [6.07, 6.45) is 2.74. The number of anilines is 1. The summed E-state index contributed by atoms with van der Waals surface area (Å²) in [5.74, 6) is 0. The van der Waals surface area contributed by atoms with Crippen LogP contribution in [0.4, 0.5) is 5.69 Å². The van der Waals surface area contributed by atoms with Crippen LogP contribution < -0.4 is 5.73 Å². The van der Waals surface area contributed by atoms with Crippen molar-refractivity contribution in [2.75, 3.05) is 5.73 Å². The smallest absolute Gasteiger partial charge is 0.0702 e. The highest BCUT2D eigenvalue weighted by Gasteiger charge is 1.99. The standard InChI is InChI=1S/C16H14N2/c17-15-6-3-12(4-7-15)10-13-5-8-16-14(11-13)2-1-9-18-16/h1-9,11H,10,17H2. The summed E-state index contributed by atoms with van der Waals surface area (Å²) in [7, 11) is 0. The van der Waals surface area contributed by atoms with Crippen molar-refractivity contribution in [3.8, 4) is 0 Å². The minimum absolute atomic E-state index is 0.807. The zero-order chi connectivity index (χ0) is 12.4. The molecule has 18 heavy (non-hydrogen) atoms. The zero-order valence-electron chi connectivity index (χ0n) is 10.0. The van der Waals surface area contributed by atoms with Crippen LogP contribution in [0.1, 0.15) is 11.1 Å². The second-order valence-corrected chi connectivity index (χ2v) is 4.45. The van der Waals surface area contributed by atoms with Crippen LogP contribution in [0, 0.1) is 0 Å². The molecule has 0 saturated carbocycles. The summed E-state index contributed by atoms with van der Waals surface area (Å²) in [6, 6.07) is 18.5. The fourth-order valence-electron chi connectivity index (χ4n) is 2.11. The molecule has 0 amide bonds.